The molecule has 1 atom stereocenters. The Bertz CT molecular complexity index is 1290. The first-order valence-corrected chi connectivity index (χ1v) is 9.80. The van der Waals surface area contributed by atoms with Crippen LogP contribution in [0.1, 0.15) is 22.1 Å². The van der Waals surface area contributed by atoms with Crippen molar-refractivity contribution in [2.45, 2.75) is 26.3 Å². The largest absolute Gasteiger partial charge is 0.488 e. The second-order valence-electron chi connectivity index (χ2n) is 7.40. The number of ether oxygens (including phenoxy) is 1. The Balaban J connectivity index is 1.48. The number of hydrogen-bond acceptors (Lipinski definition) is 7. The molecule has 1 aliphatic rings. The summed E-state index contributed by atoms with van der Waals surface area (Å²) in [4.78, 5) is 8.67. The molecule has 1 saturated heterocycles. The molecule has 0 spiro atoms. The molecule has 5 rings (SSSR count). The minimum Gasteiger partial charge on any atom is -0.488 e. The van der Waals surface area contributed by atoms with Crippen LogP contribution in [-0.4, -0.2) is 48.6 Å². The molecule has 1 fully saturated rings. The molecule has 0 radical (unpaired) electrons. The van der Waals surface area contributed by atoms with Gasteiger partial charge in [0.2, 0.25) is 0 Å². The van der Waals surface area contributed by atoms with Crippen molar-refractivity contribution in [3.8, 4) is 17.0 Å². The van der Waals surface area contributed by atoms with Gasteiger partial charge in [0.25, 0.3) is 0 Å². The molecule has 9 heteroatoms. The maximum Gasteiger partial charge on any atom is 0.165 e. The number of fused-ring (bicyclic) bond motifs is 1. The summed E-state index contributed by atoms with van der Waals surface area (Å²) < 4.78 is 32.4. The summed E-state index contributed by atoms with van der Waals surface area (Å²) in [7, 11) is 0. The number of nitrogens with one attached hydrogen (secondary N) is 2. The predicted molar refractivity (Wildman–Crippen MR) is 114 cm³/mol. The second kappa shape index (κ2) is 7.42. The maximum atomic E-state index is 7.89. The van der Waals surface area contributed by atoms with Gasteiger partial charge in [0.05, 0.1) is 11.7 Å². The summed E-state index contributed by atoms with van der Waals surface area (Å²) in [5.41, 5.74) is 2.73. The van der Waals surface area contributed by atoms with Crippen LogP contribution in [0.15, 0.2) is 36.7 Å². The van der Waals surface area contributed by atoms with E-state index in [-0.39, 0.29) is 6.04 Å². The van der Waals surface area contributed by atoms with Crippen molar-refractivity contribution in [3.63, 3.8) is 0 Å². The van der Waals surface area contributed by atoms with E-state index in [4.69, 9.17) is 8.85 Å². The number of hydrogen-bond donors (Lipinski definition) is 2. The van der Waals surface area contributed by atoms with Crippen LogP contribution in [0.5, 0.6) is 5.75 Å². The van der Waals surface area contributed by atoms with Crippen molar-refractivity contribution >= 4 is 17.2 Å². The van der Waals surface area contributed by atoms with Gasteiger partial charge in [-0.25, -0.2) is 14.5 Å². The Morgan fingerprint density at radius 1 is 1.27 bits per heavy atom. The van der Waals surface area contributed by atoms with Crippen molar-refractivity contribution in [2.24, 2.45) is 6.98 Å². The highest BCUT2D eigenvalue weighted by Crippen LogP contribution is 2.31. The van der Waals surface area contributed by atoms with Gasteiger partial charge < -0.3 is 15.4 Å². The van der Waals surface area contributed by atoms with E-state index in [1.165, 1.54) is 6.20 Å². The van der Waals surface area contributed by atoms with Gasteiger partial charge in [0, 0.05) is 46.7 Å². The number of aryl methyl sites for hydroxylation is 3. The molecule has 30 heavy (non-hydrogen) atoms. The number of aromatic nitrogens is 6. The predicted octanol–water partition coefficient (Wildman–Crippen LogP) is 2.63. The Morgan fingerprint density at radius 2 is 2.17 bits per heavy atom. The zero-order chi connectivity index (χ0) is 23.2. The van der Waals surface area contributed by atoms with Crippen LogP contribution in [0.3, 0.4) is 0 Å². The standard InChI is InChI=1S/C21H24N8O/c1-13-8-19(25-14(2)24-13)26-20-10-17-9-15(5-7-29(17)27-20)21-18(11-23-28(21)3)30-12-16-4-6-22-16/h5,7-11,16,22H,4,6,12H2,1-3H3,(H,24,25,26,27)/t16-/m1/s1/i3D3. The summed E-state index contributed by atoms with van der Waals surface area (Å²) in [5, 5.41) is 15.1. The monoisotopic (exact) mass is 407 g/mol. The highest BCUT2D eigenvalue weighted by Gasteiger charge is 2.19. The zero-order valence-corrected chi connectivity index (χ0v) is 16.8. The molecule has 0 amide bonds. The third kappa shape index (κ3) is 3.59. The molecule has 0 aromatic carbocycles. The topological polar surface area (TPSA) is 94.2 Å². The molecule has 9 nitrogen and oxygen atoms in total. The third-order valence-electron chi connectivity index (χ3n) is 5.06. The zero-order valence-electron chi connectivity index (χ0n) is 19.8. The first-order chi connectivity index (χ1) is 15.8. The van der Waals surface area contributed by atoms with Crippen molar-refractivity contribution in [3.05, 3.63) is 48.2 Å². The number of rotatable bonds is 6. The van der Waals surface area contributed by atoms with Crippen LogP contribution in [0, 0.1) is 13.8 Å². The van der Waals surface area contributed by atoms with Crippen molar-refractivity contribution in [2.75, 3.05) is 18.5 Å². The van der Waals surface area contributed by atoms with E-state index in [2.05, 4.69) is 30.8 Å². The van der Waals surface area contributed by atoms with Crippen LogP contribution in [0.25, 0.3) is 16.8 Å². The molecule has 4 aromatic rings. The number of anilines is 2. The van der Waals surface area contributed by atoms with Gasteiger partial charge in [-0.1, -0.05) is 0 Å². The highest BCUT2D eigenvalue weighted by atomic mass is 16.5. The van der Waals surface area contributed by atoms with E-state index < -0.39 is 6.98 Å². The molecule has 5 heterocycles. The van der Waals surface area contributed by atoms with E-state index in [9.17, 15) is 0 Å². The van der Waals surface area contributed by atoms with E-state index >= 15 is 0 Å². The van der Waals surface area contributed by atoms with Gasteiger partial charge in [-0.05, 0) is 38.9 Å². The van der Waals surface area contributed by atoms with Gasteiger partial charge in [-0.2, -0.15) is 10.2 Å². The molecular formula is C21H24N8O. The SMILES string of the molecule is [2H]C([2H])([2H])n1ncc(OC[C@H]2CCN2)c1-c1ccn2nc(Nc3cc(C)nc(C)n3)cc2c1. The lowest BCUT2D eigenvalue weighted by molar-refractivity contribution is 0.218. The van der Waals surface area contributed by atoms with Crippen LogP contribution in [0.4, 0.5) is 11.6 Å². The molecule has 4 aromatic heterocycles. The van der Waals surface area contributed by atoms with E-state index in [1.54, 1.807) is 16.8 Å². The third-order valence-corrected chi connectivity index (χ3v) is 5.06. The summed E-state index contributed by atoms with van der Waals surface area (Å²) in [6, 6.07) is 7.65. The Kier molecular flexibility index (Phi) is 3.80. The quantitative estimate of drug-likeness (QED) is 0.507. The van der Waals surface area contributed by atoms with Crippen molar-refractivity contribution in [1.82, 2.24) is 34.7 Å². The fraction of sp³-hybridized carbons (Fsp3) is 0.333. The van der Waals surface area contributed by atoms with Crippen LogP contribution < -0.4 is 15.4 Å². The van der Waals surface area contributed by atoms with Gasteiger partial charge in [0.15, 0.2) is 11.6 Å². The summed E-state index contributed by atoms with van der Waals surface area (Å²) in [6.07, 6.45) is 4.28. The minimum absolute atomic E-state index is 0.272. The number of pyridine rings is 1. The molecule has 154 valence electrons. The normalized spacial score (nSPS) is 17.8. The summed E-state index contributed by atoms with van der Waals surface area (Å²) >= 11 is 0. The first-order valence-electron chi connectivity index (χ1n) is 11.3. The van der Waals surface area contributed by atoms with Gasteiger partial charge in [0.1, 0.15) is 23.9 Å². The molecule has 0 bridgehead atoms. The molecule has 0 saturated carbocycles. The van der Waals surface area contributed by atoms with Gasteiger partial charge in [-0.3, -0.25) is 4.68 Å². The van der Waals surface area contributed by atoms with Crippen LogP contribution in [-0.2, 0) is 6.98 Å². The van der Waals surface area contributed by atoms with E-state index in [0.717, 1.165) is 28.9 Å². The van der Waals surface area contributed by atoms with Gasteiger partial charge >= 0.3 is 0 Å². The molecule has 0 unspecified atom stereocenters. The molecule has 2 N–H and O–H groups in total. The summed E-state index contributed by atoms with van der Waals surface area (Å²) in [6.45, 7) is 2.74. The van der Waals surface area contributed by atoms with Crippen LogP contribution >= 0.6 is 0 Å². The molecule has 0 aliphatic carbocycles. The smallest absolute Gasteiger partial charge is 0.165 e. The molecule has 1 aliphatic heterocycles. The minimum atomic E-state index is -2.44. The van der Waals surface area contributed by atoms with Crippen molar-refractivity contribution in [1.29, 1.82) is 0 Å². The Labute approximate surface area is 178 Å². The lowest BCUT2D eigenvalue weighted by Crippen LogP contribution is -2.46. The highest BCUT2D eigenvalue weighted by molar-refractivity contribution is 5.72. The van der Waals surface area contributed by atoms with Crippen LogP contribution in [0.2, 0.25) is 0 Å². The van der Waals surface area contributed by atoms with E-state index in [1.807, 2.05) is 32.0 Å². The second-order valence-corrected chi connectivity index (χ2v) is 7.40. The number of nitrogens with zero attached hydrogens (tertiary/aromatic N) is 6. The van der Waals surface area contributed by atoms with Gasteiger partial charge in [-0.15, -0.1) is 0 Å². The molecular weight excluding hydrogens is 380 g/mol. The lowest BCUT2D eigenvalue weighted by Gasteiger charge is -2.27. The lowest BCUT2D eigenvalue weighted by atomic mass is 10.1. The summed E-state index contributed by atoms with van der Waals surface area (Å²) in [5.74, 6) is 2.38. The average Bonchev–Trinajstić information content (AvgIpc) is 3.28. The maximum absolute atomic E-state index is 7.89. The fourth-order valence-electron chi connectivity index (χ4n) is 3.50. The first kappa shape index (κ1) is 15.4. The Morgan fingerprint density at radius 3 is 2.93 bits per heavy atom. The van der Waals surface area contributed by atoms with Crippen molar-refractivity contribution < 1.29 is 8.85 Å². The average molecular weight is 407 g/mol. The fourth-order valence-corrected chi connectivity index (χ4v) is 3.50. The van der Waals surface area contributed by atoms with E-state index in [0.29, 0.717) is 41.1 Å². The Hall–Kier alpha value is -3.46.